The Morgan fingerprint density at radius 3 is 2.69 bits per heavy atom. The van der Waals surface area contributed by atoms with Crippen LogP contribution in [0.4, 0.5) is 8.78 Å². The van der Waals surface area contributed by atoms with Crippen LogP contribution in [0.1, 0.15) is 18.1 Å². The molecule has 4 nitrogen and oxygen atoms in total. The van der Waals surface area contributed by atoms with Crippen molar-refractivity contribution >= 4 is 5.97 Å². The van der Waals surface area contributed by atoms with Gasteiger partial charge in [0.2, 0.25) is 0 Å². The minimum absolute atomic E-state index is 0.386. The molecule has 0 aliphatic heterocycles. The number of carbonyl (C=O) groups excluding carboxylic acids is 1. The monoisotopic (exact) mass is 232 g/mol. The summed E-state index contributed by atoms with van der Waals surface area (Å²) in [5.41, 5.74) is -0.386. The van der Waals surface area contributed by atoms with E-state index in [0.29, 0.717) is 6.07 Å². The quantitative estimate of drug-likeness (QED) is 0.770. The maximum atomic E-state index is 12.9. The van der Waals surface area contributed by atoms with Gasteiger partial charge in [-0.05, 0) is 6.07 Å². The number of esters is 1. The third-order valence-electron chi connectivity index (χ3n) is 2.00. The van der Waals surface area contributed by atoms with Crippen LogP contribution >= 0.6 is 0 Å². The van der Waals surface area contributed by atoms with E-state index >= 15 is 0 Å². The van der Waals surface area contributed by atoms with E-state index in [1.807, 2.05) is 0 Å². The highest BCUT2D eigenvalue weighted by molar-refractivity contribution is 5.70. The van der Waals surface area contributed by atoms with E-state index in [2.05, 4.69) is 4.74 Å². The van der Waals surface area contributed by atoms with Gasteiger partial charge < -0.3 is 14.9 Å². The molecule has 6 heteroatoms. The third-order valence-corrected chi connectivity index (χ3v) is 2.00. The second kappa shape index (κ2) is 4.89. The predicted molar refractivity (Wildman–Crippen MR) is 49.6 cm³/mol. The first-order valence-electron chi connectivity index (χ1n) is 4.38. The first kappa shape index (κ1) is 12.4. The van der Waals surface area contributed by atoms with Crippen LogP contribution in [0.15, 0.2) is 12.1 Å². The van der Waals surface area contributed by atoms with E-state index in [1.165, 1.54) is 0 Å². The number of benzene rings is 1. The average molecular weight is 232 g/mol. The lowest BCUT2D eigenvalue weighted by molar-refractivity contribution is -0.142. The number of phenolic OH excluding ortho intramolecular Hbond substituents is 1. The number of aliphatic hydroxyl groups is 1. The summed E-state index contributed by atoms with van der Waals surface area (Å²) in [6, 6.07) is 1.23. The minimum Gasteiger partial charge on any atom is -0.505 e. The van der Waals surface area contributed by atoms with Crippen LogP contribution in [0.2, 0.25) is 0 Å². The Labute approximate surface area is 90.1 Å². The van der Waals surface area contributed by atoms with Gasteiger partial charge in [-0.15, -0.1) is 0 Å². The Morgan fingerprint density at radius 2 is 2.12 bits per heavy atom. The van der Waals surface area contributed by atoms with Crippen molar-refractivity contribution in [1.82, 2.24) is 0 Å². The zero-order chi connectivity index (χ0) is 12.3. The Balaban J connectivity index is 2.99. The molecule has 1 aromatic carbocycles. The number of aliphatic hydroxyl groups excluding tert-OH is 1. The molecule has 0 heterocycles. The second-order valence-electron chi connectivity index (χ2n) is 3.12. The van der Waals surface area contributed by atoms with Gasteiger partial charge in [0.25, 0.3) is 0 Å². The number of aromatic hydroxyl groups is 1. The van der Waals surface area contributed by atoms with Crippen LogP contribution in [-0.2, 0) is 9.53 Å². The molecule has 0 saturated heterocycles. The fourth-order valence-electron chi connectivity index (χ4n) is 1.19. The Bertz CT molecular complexity index is 406. The van der Waals surface area contributed by atoms with E-state index in [1.54, 1.807) is 0 Å². The molecule has 0 aromatic heterocycles. The molecule has 0 aliphatic carbocycles. The van der Waals surface area contributed by atoms with Crippen molar-refractivity contribution in [3.8, 4) is 5.75 Å². The number of carbonyl (C=O) groups is 1. The number of halogens is 2. The molecular formula is C10H10F2O4. The lowest BCUT2D eigenvalue weighted by Crippen LogP contribution is -2.09. The summed E-state index contributed by atoms with van der Waals surface area (Å²) in [4.78, 5) is 10.8. The molecule has 0 amide bonds. The Hall–Kier alpha value is -1.69. The maximum absolute atomic E-state index is 12.9. The summed E-state index contributed by atoms with van der Waals surface area (Å²) >= 11 is 0. The molecule has 1 atom stereocenters. The van der Waals surface area contributed by atoms with Gasteiger partial charge in [0.05, 0.1) is 19.6 Å². The van der Waals surface area contributed by atoms with E-state index in [-0.39, 0.29) is 5.56 Å². The van der Waals surface area contributed by atoms with Gasteiger partial charge >= 0.3 is 5.97 Å². The van der Waals surface area contributed by atoms with Crippen molar-refractivity contribution in [2.45, 2.75) is 12.5 Å². The van der Waals surface area contributed by atoms with Gasteiger partial charge in [-0.3, -0.25) is 4.79 Å². The molecular weight excluding hydrogens is 222 g/mol. The number of hydrogen-bond acceptors (Lipinski definition) is 4. The summed E-state index contributed by atoms with van der Waals surface area (Å²) in [5.74, 6) is -3.78. The lowest BCUT2D eigenvalue weighted by Gasteiger charge is -2.11. The number of methoxy groups -OCH3 is 1. The Kier molecular flexibility index (Phi) is 3.78. The number of ether oxygens (including phenoxy) is 1. The van der Waals surface area contributed by atoms with Crippen molar-refractivity contribution in [1.29, 1.82) is 0 Å². The zero-order valence-electron chi connectivity index (χ0n) is 8.41. The molecule has 16 heavy (non-hydrogen) atoms. The average Bonchev–Trinajstić information content (AvgIpc) is 2.22. The molecule has 0 spiro atoms. The first-order valence-corrected chi connectivity index (χ1v) is 4.38. The molecule has 1 aromatic rings. The molecule has 0 aliphatic rings. The topological polar surface area (TPSA) is 66.8 Å². The van der Waals surface area contributed by atoms with Crippen LogP contribution in [0.3, 0.4) is 0 Å². The number of phenols is 1. The largest absolute Gasteiger partial charge is 0.505 e. The fourth-order valence-corrected chi connectivity index (χ4v) is 1.19. The molecule has 0 fully saturated rings. The van der Waals surface area contributed by atoms with E-state index < -0.39 is 35.9 Å². The molecule has 0 bridgehead atoms. The fraction of sp³-hybridized carbons (Fsp3) is 0.300. The highest BCUT2D eigenvalue weighted by atomic mass is 19.1. The van der Waals surface area contributed by atoms with E-state index in [9.17, 15) is 23.8 Å². The second-order valence-corrected chi connectivity index (χ2v) is 3.12. The number of rotatable bonds is 3. The Morgan fingerprint density at radius 1 is 1.50 bits per heavy atom. The molecule has 1 unspecified atom stereocenters. The lowest BCUT2D eigenvalue weighted by atomic mass is 10.1. The van der Waals surface area contributed by atoms with Gasteiger partial charge in [0.1, 0.15) is 5.82 Å². The SMILES string of the molecule is COC(=O)CC(O)c1cc(F)cc(F)c1O. The van der Waals surface area contributed by atoms with Gasteiger partial charge in [0, 0.05) is 11.6 Å². The maximum Gasteiger partial charge on any atom is 0.308 e. The van der Waals surface area contributed by atoms with Crippen molar-refractivity contribution in [3.63, 3.8) is 0 Å². The van der Waals surface area contributed by atoms with Crippen LogP contribution < -0.4 is 0 Å². The molecule has 88 valence electrons. The van der Waals surface area contributed by atoms with Crippen molar-refractivity contribution in [2.75, 3.05) is 7.11 Å². The zero-order valence-corrected chi connectivity index (χ0v) is 8.41. The summed E-state index contributed by atoms with van der Waals surface area (Å²) in [7, 11) is 1.11. The highest BCUT2D eigenvalue weighted by Crippen LogP contribution is 2.29. The summed E-state index contributed by atoms with van der Waals surface area (Å²) in [6.45, 7) is 0. The molecule has 2 N–H and O–H groups in total. The van der Waals surface area contributed by atoms with E-state index in [0.717, 1.165) is 13.2 Å². The normalized spacial score (nSPS) is 12.2. The highest BCUT2D eigenvalue weighted by Gasteiger charge is 2.20. The van der Waals surface area contributed by atoms with Crippen molar-refractivity contribution in [3.05, 3.63) is 29.3 Å². The van der Waals surface area contributed by atoms with Gasteiger partial charge in [-0.25, -0.2) is 8.78 Å². The van der Waals surface area contributed by atoms with Crippen LogP contribution in [-0.4, -0.2) is 23.3 Å². The van der Waals surface area contributed by atoms with Crippen LogP contribution in [0.25, 0.3) is 0 Å². The van der Waals surface area contributed by atoms with Crippen LogP contribution in [0, 0.1) is 11.6 Å². The summed E-state index contributed by atoms with van der Waals surface area (Å²) in [6.07, 6.45) is -2.01. The van der Waals surface area contributed by atoms with E-state index in [4.69, 9.17) is 0 Å². The predicted octanol–water partition coefficient (Wildman–Crippen LogP) is 1.27. The third kappa shape index (κ3) is 2.66. The smallest absolute Gasteiger partial charge is 0.308 e. The standard InChI is InChI=1S/C10H10F2O4/c1-16-9(14)4-8(13)6-2-5(11)3-7(12)10(6)15/h2-3,8,13,15H,4H2,1H3. The minimum atomic E-state index is -1.52. The van der Waals surface area contributed by atoms with Crippen molar-refractivity contribution < 1.29 is 28.5 Å². The molecule has 1 rings (SSSR count). The molecule has 0 saturated carbocycles. The summed E-state index contributed by atoms with van der Waals surface area (Å²) in [5, 5.41) is 18.7. The molecule has 0 radical (unpaired) electrons. The number of hydrogen-bond donors (Lipinski definition) is 2. The van der Waals surface area contributed by atoms with Crippen LogP contribution in [0.5, 0.6) is 5.75 Å². The van der Waals surface area contributed by atoms with Gasteiger partial charge in [-0.2, -0.15) is 0 Å². The van der Waals surface area contributed by atoms with Gasteiger partial charge in [-0.1, -0.05) is 0 Å². The first-order chi connectivity index (χ1) is 7.45. The summed E-state index contributed by atoms with van der Waals surface area (Å²) < 4.78 is 30.0. The van der Waals surface area contributed by atoms with Gasteiger partial charge in [0.15, 0.2) is 11.6 Å². The van der Waals surface area contributed by atoms with Crippen molar-refractivity contribution in [2.24, 2.45) is 0 Å².